The molecule has 0 bridgehead atoms. The van der Waals surface area contributed by atoms with Crippen molar-refractivity contribution in [1.82, 2.24) is 29.0 Å². The number of pyridine rings is 1. The van der Waals surface area contributed by atoms with Crippen LogP contribution in [0, 0.1) is 5.92 Å². The van der Waals surface area contributed by atoms with E-state index in [0.717, 1.165) is 36.3 Å². The van der Waals surface area contributed by atoms with Crippen LogP contribution in [-0.2, 0) is 10.0 Å². The zero-order valence-corrected chi connectivity index (χ0v) is 22.3. The molecule has 39 heavy (non-hydrogen) atoms. The number of carbonyl (C=O) groups is 1. The average Bonchev–Trinajstić information content (AvgIpc) is 3.87. The summed E-state index contributed by atoms with van der Waals surface area (Å²) >= 11 is 0. The fourth-order valence-electron chi connectivity index (χ4n) is 4.90. The number of nitrogens with one attached hydrogen (secondary N) is 2. The van der Waals surface area contributed by atoms with Crippen molar-refractivity contribution in [3.8, 4) is 11.4 Å². The number of piperidine rings is 1. The first-order valence-electron chi connectivity index (χ1n) is 13.4. The summed E-state index contributed by atoms with van der Waals surface area (Å²) in [6.07, 6.45) is 11.0. The highest BCUT2D eigenvalue weighted by molar-refractivity contribution is 7.90. The van der Waals surface area contributed by atoms with E-state index in [-0.39, 0.29) is 29.7 Å². The standard InChI is InChI=1S/C26H31FN8O3S/c27-8-11-34-10-1-2-19(16-34)31-22-12-24(29-14-21(22)25(36)17-3-4-17)32-23-7-9-28-26(33-23)18-13-30-35(15-18)39(37,38)20-5-6-20/h7,9,12-15,17,19-20H,1-6,8,10-11,16H2,(H2,28,29,31,32,33). The van der Waals surface area contributed by atoms with Gasteiger partial charge in [0.15, 0.2) is 11.6 Å². The lowest BCUT2D eigenvalue weighted by atomic mass is 10.0. The maximum Gasteiger partial charge on any atom is 0.256 e. The highest BCUT2D eigenvalue weighted by Crippen LogP contribution is 2.36. The summed E-state index contributed by atoms with van der Waals surface area (Å²) in [6, 6.07) is 3.59. The van der Waals surface area contributed by atoms with Gasteiger partial charge < -0.3 is 10.6 Å². The smallest absolute Gasteiger partial charge is 0.256 e. The zero-order chi connectivity index (χ0) is 27.0. The van der Waals surface area contributed by atoms with Gasteiger partial charge in [-0.2, -0.15) is 9.19 Å². The molecule has 1 unspecified atom stereocenters. The number of ketones is 1. The van der Waals surface area contributed by atoms with Gasteiger partial charge in [0.1, 0.15) is 18.3 Å². The van der Waals surface area contributed by atoms with Gasteiger partial charge in [0.2, 0.25) is 0 Å². The van der Waals surface area contributed by atoms with Crippen LogP contribution in [0.5, 0.6) is 0 Å². The van der Waals surface area contributed by atoms with Crippen LogP contribution in [0.25, 0.3) is 11.4 Å². The summed E-state index contributed by atoms with van der Waals surface area (Å²) in [5.74, 6) is 1.43. The Kier molecular flexibility index (Phi) is 7.02. The van der Waals surface area contributed by atoms with E-state index in [1.807, 2.05) is 6.07 Å². The van der Waals surface area contributed by atoms with Crippen LogP contribution >= 0.6 is 0 Å². The van der Waals surface area contributed by atoms with E-state index in [4.69, 9.17) is 0 Å². The Morgan fingerprint density at radius 3 is 2.72 bits per heavy atom. The molecule has 3 aliphatic rings. The average molecular weight is 555 g/mol. The number of alkyl halides is 1. The van der Waals surface area contributed by atoms with Crippen molar-refractivity contribution in [2.45, 2.75) is 49.8 Å². The highest BCUT2D eigenvalue weighted by Gasteiger charge is 2.38. The lowest BCUT2D eigenvalue weighted by Crippen LogP contribution is -2.43. The summed E-state index contributed by atoms with van der Waals surface area (Å²) in [5.41, 5.74) is 1.76. The Morgan fingerprint density at radius 2 is 1.95 bits per heavy atom. The zero-order valence-electron chi connectivity index (χ0n) is 21.5. The molecule has 11 nitrogen and oxygen atoms in total. The molecule has 0 radical (unpaired) electrons. The van der Waals surface area contributed by atoms with Gasteiger partial charge in [0.05, 0.1) is 34.5 Å². The van der Waals surface area contributed by atoms with Gasteiger partial charge in [-0.3, -0.25) is 9.69 Å². The first-order chi connectivity index (χ1) is 18.9. The molecule has 0 aromatic carbocycles. The predicted molar refractivity (Wildman–Crippen MR) is 144 cm³/mol. The van der Waals surface area contributed by atoms with Crippen LogP contribution in [0.3, 0.4) is 0 Å². The van der Waals surface area contributed by atoms with Crippen molar-refractivity contribution < 1.29 is 17.6 Å². The van der Waals surface area contributed by atoms with Crippen molar-refractivity contribution in [3.05, 3.63) is 42.5 Å². The molecule has 2 aliphatic carbocycles. The predicted octanol–water partition coefficient (Wildman–Crippen LogP) is 3.26. The summed E-state index contributed by atoms with van der Waals surface area (Å²) in [5, 5.41) is 10.4. The number of likely N-dealkylation sites (tertiary alicyclic amines) is 1. The molecule has 2 N–H and O–H groups in total. The van der Waals surface area contributed by atoms with Gasteiger partial charge in [-0.05, 0) is 51.1 Å². The molecule has 2 saturated carbocycles. The van der Waals surface area contributed by atoms with Crippen molar-refractivity contribution in [2.75, 3.05) is 36.9 Å². The molecule has 4 heterocycles. The Morgan fingerprint density at radius 1 is 1.10 bits per heavy atom. The van der Waals surface area contributed by atoms with E-state index in [1.54, 1.807) is 18.5 Å². The van der Waals surface area contributed by atoms with Crippen LogP contribution in [0.1, 0.15) is 48.9 Å². The van der Waals surface area contributed by atoms with Crippen molar-refractivity contribution in [2.24, 2.45) is 5.92 Å². The lowest BCUT2D eigenvalue weighted by Gasteiger charge is -2.33. The molecule has 206 valence electrons. The van der Waals surface area contributed by atoms with Gasteiger partial charge in [-0.25, -0.2) is 27.8 Å². The highest BCUT2D eigenvalue weighted by atomic mass is 32.2. The molecule has 3 aromatic rings. The fourth-order valence-corrected chi connectivity index (χ4v) is 6.37. The second-order valence-electron chi connectivity index (χ2n) is 10.5. The van der Waals surface area contributed by atoms with Crippen molar-refractivity contribution in [1.29, 1.82) is 0 Å². The number of hydrogen-bond acceptors (Lipinski definition) is 10. The Hall–Kier alpha value is -3.45. The number of nitrogens with zero attached hydrogens (tertiary/aromatic N) is 6. The number of hydrogen-bond donors (Lipinski definition) is 2. The number of rotatable bonds is 11. The molecule has 1 atom stereocenters. The van der Waals surface area contributed by atoms with E-state index in [0.29, 0.717) is 60.2 Å². The van der Waals surface area contributed by atoms with Crippen LogP contribution < -0.4 is 10.6 Å². The minimum absolute atomic E-state index is 0.0506. The molecule has 1 saturated heterocycles. The number of halogens is 1. The molecule has 0 spiro atoms. The third-order valence-electron chi connectivity index (χ3n) is 7.32. The quantitative estimate of drug-likeness (QED) is 0.340. The van der Waals surface area contributed by atoms with E-state index in [2.05, 4.69) is 35.6 Å². The summed E-state index contributed by atoms with van der Waals surface area (Å²) in [7, 11) is -3.48. The molecule has 13 heteroatoms. The molecule has 6 rings (SSSR count). The third-order valence-corrected chi connectivity index (χ3v) is 9.35. The number of carbonyl (C=O) groups excluding carboxylic acids is 1. The molecule has 0 amide bonds. The minimum atomic E-state index is -3.48. The Bertz CT molecular complexity index is 1470. The van der Waals surface area contributed by atoms with Gasteiger partial charge in [-0.15, -0.1) is 0 Å². The molecule has 1 aliphatic heterocycles. The molecular formula is C26H31FN8O3S. The largest absolute Gasteiger partial charge is 0.380 e. The monoisotopic (exact) mass is 554 g/mol. The summed E-state index contributed by atoms with van der Waals surface area (Å²) in [6.45, 7) is 1.63. The summed E-state index contributed by atoms with van der Waals surface area (Å²) in [4.78, 5) is 28.4. The van der Waals surface area contributed by atoms with Crippen molar-refractivity contribution >= 4 is 33.1 Å². The van der Waals surface area contributed by atoms with Gasteiger partial charge >= 0.3 is 0 Å². The first-order valence-corrected chi connectivity index (χ1v) is 14.9. The molecule has 3 fully saturated rings. The second kappa shape index (κ2) is 10.6. The van der Waals surface area contributed by atoms with Crippen LogP contribution in [0.4, 0.5) is 21.7 Å². The number of aromatic nitrogens is 5. The summed E-state index contributed by atoms with van der Waals surface area (Å²) < 4.78 is 38.9. The first kappa shape index (κ1) is 25.8. The van der Waals surface area contributed by atoms with Crippen molar-refractivity contribution in [3.63, 3.8) is 0 Å². The number of Topliss-reactive ketones (excluding diaryl/α,β-unsaturated/α-hetero) is 1. The van der Waals surface area contributed by atoms with Crippen LogP contribution in [-0.4, -0.2) is 80.8 Å². The van der Waals surface area contributed by atoms with Gasteiger partial charge in [0.25, 0.3) is 10.0 Å². The molecule has 3 aromatic heterocycles. The molecular weight excluding hydrogens is 523 g/mol. The fraction of sp³-hybridized carbons (Fsp3) is 0.500. The van der Waals surface area contributed by atoms with E-state index >= 15 is 0 Å². The van der Waals surface area contributed by atoms with Gasteiger partial charge in [0, 0.05) is 43.5 Å². The topological polar surface area (TPSA) is 135 Å². The normalized spacial score (nSPS) is 20.1. The Balaban J connectivity index is 1.22. The minimum Gasteiger partial charge on any atom is -0.380 e. The third kappa shape index (κ3) is 5.78. The lowest BCUT2D eigenvalue weighted by molar-refractivity contribution is 0.0968. The maximum absolute atomic E-state index is 13.0. The SMILES string of the molecule is O=C(c1cnc(Nc2ccnc(-c3cnn(S(=O)(=O)C4CC4)c3)n2)cc1NC1CCCN(CCF)C1)C1CC1. The Labute approximate surface area is 226 Å². The number of anilines is 3. The van der Waals surface area contributed by atoms with Gasteiger partial charge in [-0.1, -0.05) is 0 Å². The maximum atomic E-state index is 13.0. The van der Waals surface area contributed by atoms with E-state index < -0.39 is 10.0 Å². The van der Waals surface area contributed by atoms with Crippen LogP contribution in [0.15, 0.2) is 36.9 Å². The van der Waals surface area contributed by atoms with E-state index in [1.165, 1.54) is 12.4 Å². The van der Waals surface area contributed by atoms with E-state index in [9.17, 15) is 17.6 Å². The van der Waals surface area contributed by atoms with Crippen LogP contribution in [0.2, 0.25) is 0 Å². The second-order valence-corrected chi connectivity index (χ2v) is 12.5.